The molecule has 0 saturated carbocycles. The number of benzene rings is 3. The van der Waals surface area contributed by atoms with Gasteiger partial charge in [-0.1, -0.05) is 48.0 Å². The number of hydrogen-bond donors (Lipinski definition) is 1. The van der Waals surface area contributed by atoms with Crippen molar-refractivity contribution in [2.24, 2.45) is 0 Å². The van der Waals surface area contributed by atoms with E-state index in [9.17, 15) is 8.42 Å². The van der Waals surface area contributed by atoms with Gasteiger partial charge in [-0.3, -0.25) is 0 Å². The van der Waals surface area contributed by atoms with Crippen LogP contribution in [0.3, 0.4) is 0 Å². The zero-order valence-corrected chi connectivity index (χ0v) is 19.6. The van der Waals surface area contributed by atoms with Gasteiger partial charge < -0.3 is 14.2 Å². The van der Waals surface area contributed by atoms with Gasteiger partial charge in [-0.25, -0.2) is 13.1 Å². The molecule has 3 aromatic carbocycles. The maximum Gasteiger partial charge on any atom is 0.241 e. The second-order valence-corrected chi connectivity index (χ2v) is 9.18. The average molecular weight is 456 g/mol. The van der Waals surface area contributed by atoms with E-state index in [-0.39, 0.29) is 4.90 Å². The normalized spacial score (nSPS) is 12.2. The molecule has 0 amide bonds. The monoisotopic (exact) mass is 455 g/mol. The van der Waals surface area contributed by atoms with Crippen LogP contribution in [0.2, 0.25) is 0 Å². The van der Waals surface area contributed by atoms with E-state index < -0.39 is 16.1 Å². The number of ether oxygens (including phenoxy) is 3. The summed E-state index contributed by atoms with van der Waals surface area (Å²) in [7, 11) is 1.02. The van der Waals surface area contributed by atoms with Crippen molar-refractivity contribution >= 4 is 10.0 Å². The van der Waals surface area contributed by atoms with Crippen LogP contribution in [0.5, 0.6) is 17.2 Å². The molecule has 0 bridgehead atoms. The first-order valence-corrected chi connectivity index (χ1v) is 11.8. The van der Waals surface area contributed by atoms with Crippen molar-refractivity contribution in [2.75, 3.05) is 21.3 Å². The van der Waals surface area contributed by atoms with E-state index in [1.165, 1.54) is 0 Å². The standard InChI is InChI=1S/C25H29NO5S/c1-18-10-13-21(14-11-18)32(27,28)26-22(20-8-6-5-7-9-20)15-12-19-16-23(29-2)25(31-4)24(17-19)30-3/h5-11,13-14,16-17,22,26H,12,15H2,1-4H3. The molecule has 3 rings (SSSR count). The average Bonchev–Trinajstić information content (AvgIpc) is 2.81. The van der Waals surface area contributed by atoms with E-state index in [0.29, 0.717) is 30.1 Å². The Balaban J connectivity index is 1.87. The zero-order valence-electron chi connectivity index (χ0n) is 18.8. The molecule has 3 aromatic rings. The molecule has 0 saturated heterocycles. The van der Waals surface area contributed by atoms with Crippen LogP contribution in [0.25, 0.3) is 0 Å². The highest BCUT2D eigenvalue weighted by Gasteiger charge is 2.22. The van der Waals surface area contributed by atoms with Gasteiger partial charge in [0.05, 0.1) is 26.2 Å². The molecule has 1 N–H and O–H groups in total. The minimum atomic E-state index is -3.68. The van der Waals surface area contributed by atoms with Crippen molar-refractivity contribution in [1.82, 2.24) is 4.72 Å². The van der Waals surface area contributed by atoms with Gasteiger partial charge in [0.15, 0.2) is 11.5 Å². The highest BCUT2D eigenvalue weighted by molar-refractivity contribution is 7.89. The van der Waals surface area contributed by atoms with Crippen LogP contribution in [0.15, 0.2) is 71.6 Å². The minimum absolute atomic E-state index is 0.247. The van der Waals surface area contributed by atoms with Crippen LogP contribution in [0, 0.1) is 6.92 Å². The van der Waals surface area contributed by atoms with Crippen molar-refractivity contribution in [2.45, 2.75) is 30.7 Å². The first-order chi connectivity index (χ1) is 15.4. The highest BCUT2D eigenvalue weighted by atomic mass is 32.2. The van der Waals surface area contributed by atoms with E-state index in [0.717, 1.165) is 16.7 Å². The number of hydrogen-bond acceptors (Lipinski definition) is 5. The second kappa shape index (κ2) is 10.5. The van der Waals surface area contributed by atoms with Crippen LogP contribution in [0.1, 0.15) is 29.2 Å². The SMILES string of the molecule is COc1cc(CCC(NS(=O)(=O)c2ccc(C)cc2)c2ccccc2)cc(OC)c1OC. The Labute approximate surface area is 190 Å². The Morgan fingerprint density at radius 1 is 0.844 bits per heavy atom. The first kappa shape index (κ1) is 23.6. The summed E-state index contributed by atoms with van der Waals surface area (Å²) < 4.78 is 45.3. The Bertz CT molecular complexity index is 1100. The molecule has 7 heteroatoms. The number of rotatable bonds is 10. The molecule has 1 atom stereocenters. The van der Waals surface area contributed by atoms with Gasteiger partial charge in [-0.15, -0.1) is 0 Å². The molecule has 170 valence electrons. The van der Waals surface area contributed by atoms with Gasteiger partial charge in [-0.05, 0) is 55.2 Å². The van der Waals surface area contributed by atoms with Crippen molar-refractivity contribution < 1.29 is 22.6 Å². The van der Waals surface area contributed by atoms with Crippen molar-refractivity contribution in [1.29, 1.82) is 0 Å². The van der Waals surface area contributed by atoms with E-state index in [2.05, 4.69) is 4.72 Å². The molecular formula is C25H29NO5S. The third-order valence-corrected chi connectivity index (χ3v) is 6.76. The van der Waals surface area contributed by atoms with Gasteiger partial charge in [0.2, 0.25) is 15.8 Å². The summed E-state index contributed by atoms with van der Waals surface area (Å²) in [6, 6.07) is 19.8. The Kier molecular flexibility index (Phi) is 7.77. The summed E-state index contributed by atoms with van der Waals surface area (Å²) >= 11 is 0. The lowest BCUT2D eigenvalue weighted by Crippen LogP contribution is -2.29. The quantitative estimate of drug-likeness (QED) is 0.481. The van der Waals surface area contributed by atoms with E-state index in [4.69, 9.17) is 14.2 Å². The maximum absolute atomic E-state index is 13.1. The topological polar surface area (TPSA) is 73.9 Å². The van der Waals surface area contributed by atoms with E-state index in [1.54, 1.807) is 45.6 Å². The first-order valence-electron chi connectivity index (χ1n) is 10.3. The Morgan fingerprint density at radius 2 is 1.44 bits per heavy atom. The molecule has 0 aromatic heterocycles. The summed E-state index contributed by atoms with van der Waals surface area (Å²) in [5, 5.41) is 0. The Hall–Kier alpha value is -3.03. The fourth-order valence-corrected chi connectivity index (χ4v) is 4.80. The van der Waals surface area contributed by atoms with Crippen molar-refractivity contribution in [3.63, 3.8) is 0 Å². The molecule has 0 spiro atoms. The summed E-state index contributed by atoms with van der Waals surface area (Å²) in [5.74, 6) is 1.66. The largest absolute Gasteiger partial charge is 0.493 e. The number of methoxy groups -OCH3 is 3. The smallest absolute Gasteiger partial charge is 0.241 e. The molecule has 0 aliphatic heterocycles. The third kappa shape index (κ3) is 5.60. The molecule has 0 fully saturated rings. The van der Waals surface area contributed by atoms with Crippen LogP contribution in [-0.2, 0) is 16.4 Å². The van der Waals surface area contributed by atoms with Crippen LogP contribution >= 0.6 is 0 Å². The fourth-order valence-electron chi connectivity index (χ4n) is 3.54. The van der Waals surface area contributed by atoms with Gasteiger partial charge in [0.1, 0.15) is 0 Å². The number of sulfonamides is 1. The van der Waals surface area contributed by atoms with Crippen LogP contribution < -0.4 is 18.9 Å². The third-order valence-electron chi connectivity index (χ3n) is 5.28. The maximum atomic E-state index is 13.1. The minimum Gasteiger partial charge on any atom is -0.493 e. The lowest BCUT2D eigenvalue weighted by atomic mass is 9.99. The molecule has 0 heterocycles. The van der Waals surface area contributed by atoms with Crippen LogP contribution in [-0.4, -0.2) is 29.7 Å². The summed E-state index contributed by atoms with van der Waals surface area (Å²) in [6.07, 6.45) is 1.15. The van der Waals surface area contributed by atoms with E-state index in [1.807, 2.05) is 49.4 Å². The predicted octanol–water partition coefficient (Wildman–Crippen LogP) is 4.67. The van der Waals surface area contributed by atoms with Crippen molar-refractivity contribution in [3.05, 3.63) is 83.4 Å². The summed E-state index contributed by atoms with van der Waals surface area (Å²) in [4.78, 5) is 0.247. The molecule has 0 aliphatic rings. The Morgan fingerprint density at radius 3 is 1.97 bits per heavy atom. The molecule has 0 radical (unpaired) electrons. The number of aryl methyl sites for hydroxylation is 2. The molecule has 1 unspecified atom stereocenters. The van der Waals surface area contributed by atoms with Gasteiger partial charge >= 0.3 is 0 Å². The second-order valence-electron chi connectivity index (χ2n) is 7.47. The number of nitrogens with one attached hydrogen (secondary N) is 1. The van der Waals surface area contributed by atoms with Crippen LogP contribution in [0.4, 0.5) is 0 Å². The fraction of sp³-hybridized carbons (Fsp3) is 0.280. The highest BCUT2D eigenvalue weighted by Crippen LogP contribution is 2.39. The summed E-state index contributed by atoms with van der Waals surface area (Å²) in [5.41, 5.74) is 2.86. The zero-order chi connectivity index (χ0) is 23.1. The lowest BCUT2D eigenvalue weighted by molar-refractivity contribution is 0.323. The predicted molar refractivity (Wildman–Crippen MR) is 125 cm³/mol. The molecule has 6 nitrogen and oxygen atoms in total. The molecule has 32 heavy (non-hydrogen) atoms. The molecule has 0 aliphatic carbocycles. The van der Waals surface area contributed by atoms with E-state index >= 15 is 0 Å². The van der Waals surface area contributed by atoms with Gasteiger partial charge in [0.25, 0.3) is 0 Å². The van der Waals surface area contributed by atoms with Gasteiger partial charge in [-0.2, -0.15) is 0 Å². The molecular weight excluding hydrogens is 426 g/mol. The van der Waals surface area contributed by atoms with Gasteiger partial charge in [0, 0.05) is 6.04 Å². The van der Waals surface area contributed by atoms with Crippen molar-refractivity contribution in [3.8, 4) is 17.2 Å². The lowest BCUT2D eigenvalue weighted by Gasteiger charge is -2.20. The summed E-state index contributed by atoms with van der Waals surface area (Å²) in [6.45, 7) is 1.92.